The van der Waals surface area contributed by atoms with Crippen LogP contribution >= 0.6 is 11.6 Å². The summed E-state index contributed by atoms with van der Waals surface area (Å²) in [4.78, 5) is 23.3. The molecule has 0 saturated heterocycles. The highest BCUT2D eigenvalue weighted by Gasteiger charge is 2.18. The van der Waals surface area contributed by atoms with Gasteiger partial charge in [0.05, 0.1) is 18.4 Å². The van der Waals surface area contributed by atoms with E-state index < -0.39 is 5.91 Å². The van der Waals surface area contributed by atoms with Gasteiger partial charge in [0, 0.05) is 18.0 Å². The van der Waals surface area contributed by atoms with Crippen molar-refractivity contribution in [2.45, 2.75) is 19.4 Å². The first-order valence-electron chi connectivity index (χ1n) is 7.52. The molecule has 1 unspecified atom stereocenters. The lowest BCUT2D eigenvalue weighted by molar-refractivity contribution is -0.119. The average Bonchev–Trinajstić information content (AvgIpc) is 3.05. The summed E-state index contributed by atoms with van der Waals surface area (Å²) in [5, 5.41) is 3.00. The minimum Gasteiger partial charge on any atom is -0.493 e. The summed E-state index contributed by atoms with van der Waals surface area (Å²) in [7, 11) is 1.41. The molecule has 7 nitrogen and oxygen atoms in total. The maximum Gasteiger partial charge on any atom is 0.255 e. The van der Waals surface area contributed by atoms with Crippen molar-refractivity contribution in [3.63, 3.8) is 0 Å². The van der Waals surface area contributed by atoms with Crippen molar-refractivity contribution in [1.82, 2.24) is 5.32 Å². The third-order valence-electron chi connectivity index (χ3n) is 3.32. The zero-order valence-corrected chi connectivity index (χ0v) is 14.6. The van der Waals surface area contributed by atoms with Gasteiger partial charge in [-0.3, -0.25) is 9.59 Å². The summed E-state index contributed by atoms with van der Waals surface area (Å²) in [6, 6.07) is 6.41. The molecule has 0 spiro atoms. The van der Waals surface area contributed by atoms with Crippen molar-refractivity contribution in [2.75, 3.05) is 13.7 Å². The van der Waals surface area contributed by atoms with Crippen LogP contribution in [0.2, 0.25) is 5.02 Å². The molecule has 0 aliphatic rings. The van der Waals surface area contributed by atoms with Crippen LogP contribution in [0.3, 0.4) is 0 Å². The Balaban J connectivity index is 2.11. The van der Waals surface area contributed by atoms with E-state index in [1.165, 1.54) is 19.2 Å². The van der Waals surface area contributed by atoms with Crippen LogP contribution in [0, 0.1) is 0 Å². The summed E-state index contributed by atoms with van der Waals surface area (Å²) >= 11 is 6.14. The van der Waals surface area contributed by atoms with Crippen LogP contribution < -0.4 is 20.5 Å². The molecule has 0 bridgehead atoms. The number of amides is 2. The Labute approximate surface area is 150 Å². The van der Waals surface area contributed by atoms with Crippen LogP contribution in [-0.2, 0) is 11.2 Å². The lowest BCUT2D eigenvalue weighted by atomic mass is 10.1. The highest BCUT2D eigenvalue weighted by Crippen LogP contribution is 2.36. The number of nitrogens with one attached hydrogen (secondary N) is 1. The van der Waals surface area contributed by atoms with Gasteiger partial charge in [0.1, 0.15) is 5.76 Å². The van der Waals surface area contributed by atoms with E-state index in [2.05, 4.69) is 5.32 Å². The van der Waals surface area contributed by atoms with Gasteiger partial charge in [-0.2, -0.15) is 0 Å². The molecule has 8 heteroatoms. The molecule has 1 aromatic heterocycles. The molecule has 25 heavy (non-hydrogen) atoms. The Kier molecular flexibility index (Phi) is 6.30. The number of nitrogens with two attached hydrogens (primary N) is 1. The van der Waals surface area contributed by atoms with E-state index in [0.717, 1.165) is 5.76 Å². The summed E-state index contributed by atoms with van der Waals surface area (Å²) in [5.74, 6) is 0.201. The Hall–Kier alpha value is -2.67. The molecule has 0 saturated carbocycles. The van der Waals surface area contributed by atoms with Gasteiger partial charge in [-0.25, -0.2) is 0 Å². The van der Waals surface area contributed by atoms with Crippen LogP contribution in [0.5, 0.6) is 11.5 Å². The fraction of sp³-hybridized carbons (Fsp3) is 0.294. The number of carbonyl (C=O) groups is 2. The molecule has 0 aliphatic heterocycles. The third-order valence-corrected chi connectivity index (χ3v) is 3.60. The Morgan fingerprint density at radius 3 is 2.76 bits per heavy atom. The van der Waals surface area contributed by atoms with Crippen LogP contribution in [0.1, 0.15) is 23.0 Å². The summed E-state index contributed by atoms with van der Waals surface area (Å²) in [6.07, 6.45) is 2.14. The number of hydrogen-bond acceptors (Lipinski definition) is 5. The molecule has 2 rings (SSSR count). The number of methoxy groups -OCH3 is 1. The quantitative estimate of drug-likeness (QED) is 0.745. The van der Waals surface area contributed by atoms with Crippen molar-refractivity contribution >= 4 is 23.4 Å². The number of carbonyl (C=O) groups excluding carboxylic acids is 2. The second-order valence-electron chi connectivity index (χ2n) is 5.40. The van der Waals surface area contributed by atoms with Crippen molar-refractivity contribution in [3.8, 4) is 11.5 Å². The van der Waals surface area contributed by atoms with Gasteiger partial charge in [-0.1, -0.05) is 11.6 Å². The molecule has 134 valence electrons. The standard InChI is InChI=1S/C17H19ClN2O5/c1-10(6-12-4-3-5-24-12)20-17(22)11-7-13(18)16(14(8-11)23-2)25-9-15(19)21/h3-5,7-8,10H,6,9H2,1-2H3,(H2,19,21)(H,20,22). The third kappa shape index (κ3) is 5.15. The number of ether oxygens (including phenoxy) is 2. The van der Waals surface area contributed by atoms with Gasteiger partial charge in [0.2, 0.25) is 0 Å². The maximum atomic E-state index is 12.4. The van der Waals surface area contributed by atoms with E-state index in [1.54, 1.807) is 12.3 Å². The number of benzene rings is 1. The highest BCUT2D eigenvalue weighted by molar-refractivity contribution is 6.32. The van der Waals surface area contributed by atoms with E-state index >= 15 is 0 Å². The van der Waals surface area contributed by atoms with E-state index in [9.17, 15) is 9.59 Å². The molecule has 2 amide bonds. The normalized spacial score (nSPS) is 11.6. The number of hydrogen-bond donors (Lipinski definition) is 2. The van der Waals surface area contributed by atoms with Gasteiger partial charge in [-0.15, -0.1) is 0 Å². The molecular weight excluding hydrogens is 348 g/mol. The van der Waals surface area contributed by atoms with Gasteiger partial charge in [-0.05, 0) is 31.2 Å². The van der Waals surface area contributed by atoms with Gasteiger partial charge in [0.25, 0.3) is 11.8 Å². The molecule has 3 N–H and O–H groups in total. The summed E-state index contributed by atoms with van der Waals surface area (Å²) in [5.41, 5.74) is 5.36. The zero-order valence-electron chi connectivity index (χ0n) is 13.9. The van der Waals surface area contributed by atoms with Gasteiger partial charge in [0.15, 0.2) is 18.1 Å². The molecular formula is C17H19ClN2O5. The lowest BCUT2D eigenvalue weighted by Crippen LogP contribution is -2.34. The second-order valence-corrected chi connectivity index (χ2v) is 5.81. The first-order valence-corrected chi connectivity index (χ1v) is 7.90. The minimum atomic E-state index is -0.647. The first-order chi connectivity index (χ1) is 11.9. The monoisotopic (exact) mass is 366 g/mol. The second kappa shape index (κ2) is 8.43. The van der Waals surface area contributed by atoms with Crippen LogP contribution in [0.25, 0.3) is 0 Å². The molecule has 1 heterocycles. The smallest absolute Gasteiger partial charge is 0.255 e. The van der Waals surface area contributed by atoms with E-state index in [-0.39, 0.29) is 35.1 Å². The van der Waals surface area contributed by atoms with Crippen LogP contribution in [-0.4, -0.2) is 31.6 Å². The van der Waals surface area contributed by atoms with Gasteiger partial charge < -0.3 is 24.9 Å². The lowest BCUT2D eigenvalue weighted by Gasteiger charge is -2.15. The fourth-order valence-electron chi connectivity index (χ4n) is 2.22. The largest absolute Gasteiger partial charge is 0.493 e. The molecule has 0 radical (unpaired) electrons. The predicted octanol–water partition coefficient (Wildman–Crippen LogP) is 2.17. The van der Waals surface area contributed by atoms with Crippen LogP contribution in [0.4, 0.5) is 0 Å². The predicted molar refractivity (Wildman–Crippen MR) is 92.0 cm³/mol. The summed E-state index contributed by atoms with van der Waals surface area (Å²) in [6.45, 7) is 1.52. The molecule has 0 fully saturated rings. The summed E-state index contributed by atoms with van der Waals surface area (Å²) < 4.78 is 15.7. The number of halogens is 1. The van der Waals surface area contributed by atoms with Crippen molar-refractivity contribution < 1.29 is 23.5 Å². The number of furan rings is 1. The Bertz CT molecular complexity index is 746. The Morgan fingerprint density at radius 1 is 1.40 bits per heavy atom. The number of rotatable bonds is 8. The van der Waals surface area contributed by atoms with Crippen molar-refractivity contribution in [1.29, 1.82) is 0 Å². The first kappa shape index (κ1) is 18.7. The SMILES string of the molecule is COc1cc(C(=O)NC(C)Cc2ccco2)cc(Cl)c1OCC(N)=O. The van der Waals surface area contributed by atoms with Crippen molar-refractivity contribution in [2.24, 2.45) is 5.73 Å². The van der Waals surface area contributed by atoms with Gasteiger partial charge >= 0.3 is 0 Å². The zero-order chi connectivity index (χ0) is 18.4. The molecule has 2 aromatic rings. The van der Waals surface area contributed by atoms with E-state index in [4.69, 9.17) is 31.2 Å². The van der Waals surface area contributed by atoms with Crippen molar-refractivity contribution in [3.05, 3.63) is 46.9 Å². The average molecular weight is 367 g/mol. The Morgan fingerprint density at radius 2 is 2.16 bits per heavy atom. The van der Waals surface area contributed by atoms with E-state index in [1.807, 2.05) is 13.0 Å². The molecule has 1 atom stereocenters. The highest BCUT2D eigenvalue weighted by atomic mass is 35.5. The minimum absolute atomic E-state index is 0.143. The molecule has 1 aromatic carbocycles. The van der Waals surface area contributed by atoms with E-state index in [0.29, 0.717) is 12.0 Å². The van der Waals surface area contributed by atoms with Crippen LogP contribution in [0.15, 0.2) is 34.9 Å². The fourth-order valence-corrected chi connectivity index (χ4v) is 2.49. The topological polar surface area (TPSA) is 104 Å². The maximum absolute atomic E-state index is 12.4. The molecule has 0 aliphatic carbocycles. The number of primary amides is 1.